The maximum absolute atomic E-state index is 14.9. The van der Waals surface area contributed by atoms with Crippen molar-refractivity contribution in [1.82, 2.24) is 28.7 Å². The standard InChI is InChI=1S/C17H11Cl2F5N4O2S2.C17H11Cl2F5N4S2/c1-16(20,21)32(29,30)13-11(14(25)31)26-28(15(13)27-4-2-3-5-27)12-9(18)6-8(7-10(12)19)17(22,23)24;1-8(20)30(24)14-12(15(25)29)26-28(16(14)27-4-2-3-5-27)13-10(18)6-9(7-11(13)19)17(21,22)23/h2-7H,1H3,(H2,25,31);2-7H,1H3,(H2,25,29). The fourth-order valence-electron chi connectivity index (χ4n) is 5.42. The minimum Gasteiger partial charge on any atom is -0.388 e. The maximum atomic E-state index is 14.9. The van der Waals surface area contributed by atoms with Gasteiger partial charge in [0.05, 0.1) is 42.1 Å². The van der Waals surface area contributed by atoms with Gasteiger partial charge >= 0.3 is 17.6 Å². The minimum absolute atomic E-state index is 0.0609. The normalized spacial score (nSPS) is 13.1. The van der Waals surface area contributed by atoms with E-state index in [2.05, 4.69) is 10.2 Å². The lowest BCUT2D eigenvalue weighted by atomic mass is 10.2. The van der Waals surface area contributed by atoms with Crippen LogP contribution in [0.2, 0.25) is 20.1 Å². The van der Waals surface area contributed by atoms with E-state index >= 15 is 0 Å². The van der Waals surface area contributed by atoms with Gasteiger partial charge in [-0.15, -0.1) is 0 Å². The summed E-state index contributed by atoms with van der Waals surface area (Å²) in [5.74, 6) is -0.586. The van der Waals surface area contributed by atoms with Crippen molar-refractivity contribution in [2.45, 2.75) is 41.2 Å². The van der Waals surface area contributed by atoms with E-state index in [1.165, 1.54) is 41.5 Å². The molecule has 0 saturated heterocycles. The van der Waals surface area contributed by atoms with Crippen LogP contribution in [-0.2, 0) is 22.2 Å². The number of aromatic nitrogens is 6. The van der Waals surface area contributed by atoms with E-state index in [0.29, 0.717) is 28.9 Å². The van der Waals surface area contributed by atoms with Crippen LogP contribution in [0.4, 0.5) is 43.4 Å². The molecule has 6 rings (SSSR count). The summed E-state index contributed by atoms with van der Waals surface area (Å²) in [4.78, 5) is -2.32. The van der Waals surface area contributed by atoms with Crippen molar-refractivity contribution in [3.63, 3.8) is 0 Å². The molecule has 4 heterocycles. The molecule has 1 unspecified atom stereocenters. The smallest absolute Gasteiger partial charge is 0.388 e. The molecule has 332 valence electrons. The van der Waals surface area contributed by atoms with Crippen molar-refractivity contribution >= 4 is 107 Å². The Kier molecular flexibility index (Phi) is 14.0. The first kappa shape index (κ1) is 48.9. The van der Waals surface area contributed by atoms with Gasteiger partial charge in [-0.3, -0.25) is 0 Å². The Bertz CT molecular complexity index is 2820. The quantitative estimate of drug-likeness (QED) is 0.0831. The molecule has 0 aliphatic heterocycles. The van der Waals surface area contributed by atoms with Crippen molar-refractivity contribution in [2.75, 3.05) is 0 Å². The number of rotatable bonds is 9. The predicted octanol–water partition coefficient (Wildman–Crippen LogP) is 11.3. The fraction of sp³-hybridized carbons (Fsp3) is 0.147. The van der Waals surface area contributed by atoms with Gasteiger partial charge in [0.2, 0.25) is 9.84 Å². The molecule has 28 heteroatoms. The number of hydrogen-bond donors (Lipinski definition) is 2. The zero-order valence-electron chi connectivity index (χ0n) is 30.5. The molecular weight excluding hydrogens is 1010 g/mol. The number of nitrogens with zero attached hydrogens (tertiary/aromatic N) is 6. The molecule has 1 atom stereocenters. The zero-order valence-corrected chi connectivity index (χ0v) is 36.8. The first-order valence-electron chi connectivity index (χ1n) is 16.3. The van der Waals surface area contributed by atoms with Gasteiger partial charge in [0.1, 0.15) is 42.5 Å². The van der Waals surface area contributed by atoms with E-state index in [9.17, 15) is 51.8 Å². The summed E-state index contributed by atoms with van der Waals surface area (Å²) in [6, 6.07) is 8.46. The molecule has 6 aromatic rings. The maximum Gasteiger partial charge on any atom is 0.416 e. The Balaban J connectivity index is 0.000000235. The average molecular weight is 1030 g/mol. The summed E-state index contributed by atoms with van der Waals surface area (Å²) >= 11 is 34.0. The first-order chi connectivity index (χ1) is 28.5. The number of hydrogen-bond acceptors (Lipinski definition) is 6. The third-order valence-electron chi connectivity index (χ3n) is 8.08. The minimum atomic E-state index is -5.42. The monoisotopic (exact) mass is 1030 g/mol. The van der Waals surface area contributed by atoms with E-state index in [0.717, 1.165) is 16.2 Å². The molecule has 0 spiro atoms. The van der Waals surface area contributed by atoms with E-state index in [1.807, 2.05) is 0 Å². The number of alkyl halides is 8. The van der Waals surface area contributed by atoms with Crippen LogP contribution in [0, 0.1) is 0 Å². The number of nitrogens with two attached hydrogens (primary N) is 2. The van der Waals surface area contributed by atoms with Crippen LogP contribution in [0.3, 0.4) is 0 Å². The summed E-state index contributed by atoms with van der Waals surface area (Å²) in [6.45, 7) is 1.09. The highest BCUT2D eigenvalue weighted by atomic mass is 35.5. The van der Waals surface area contributed by atoms with Crippen molar-refractivity contribution in [2.24, 2.45) is 11.5 Å². The lowest BCUT2D eigenvalue weighted by molar-refractivity contribution is -0.138. The van der Waals surface area contributed by atoms with Crippen molar-refractivity contribution in [3.05, 3.63) is 116 Å². The lowest BCUT2D eigenvalue weighted by Gasteiger charge is -2.17. The van der Waals surface area contributed by atoms with Crippen molar-refractivity contribution in [1.29, 1.82) is 0 Å². The largest absolute Gasteiger partial charge is 0.416 e. The van der Waals surface area contributed by atoms with Crippen LogP contribution in [0.15, 0.2) is 83.1 Å². The summed E-state index contributed by atoms with van der Waals surface area (Å²) in [5.41, 5.74) is 7.41. The topological polar surface area (TPSA) is 132 Å². The fourth-order valence-corrected chi connectivity index (χ4v) is 9.28. The van der Waals surface area contributed by atoms with Crippen LogP contribution in [0.5, 0.6) is 0 Å². The zero-order chi connectivity index (χ0) is 46.6. The number of sulfone groups is 1. The second-order valence-electron chi connectivity index (χ2n) is 12.3. The molecule has 4 aromatic heterocycles. The van der Waals surface area contributed by atoms with Gasteiger partial charge in [-0.05, 0) is 55.5 Å². The summed E-state index contributed by atoms with van der Waals surface area (Å²) in [6.07, 6.45) is -3.92. The Morgan fingerprint density at radius 2 is 1.02 bits per heavy atom. The molecule has 62 heavy (non-hydrogen) atoms. The summed E-state index contributed by atoms with van der Waals surface area (Å²) in [5, 5.41) is 0.685. The van der Waals surface area contributed by atoms with E-state index in [4.69, 9.17) is 82.3 Å². The van der Waals surface area contributed by atoms with Crippen molar-refractivity contribution < 1.29 is 51.8 Å². The Labute approximate surface area is 376 Å². The van der Waals surface area contributed by atoms with Crippen LogP contribution < -0.4 is 11.5 Å². The second-order valence-corrected chi connectivity index (χ2v) is 18.5. The second kappa shape index (κ2) is 17.8. The van der Waals surface area contributed by atoms with Gasteiger partial charge in [-0.25, -0.2) is 22.2 Å². The van der Waals surface area contributed by atoms with Crippen LogP contribution in [-0.4, -0.2) is 57.5 Å². The molecule has 0 amide bonds. The molecular formula is C34H22Cl4F10N8O2S4. The SMILES string of the molecule is C/C(F)=S(\F)c1c(C(N)=S)nn(-c2c(Cl)cc(C(F)(F)F)cc2Cl)c1-n1cccc1.CC(F)(F)S(=O)(=O)c1c(C(N)=S)nn(-c2c(Cl)cc(C(F)(F)F)cc2Cl)c1-n1cccc1. The molecule has 0 saturated carbocycles. The highest BCUT2D eigenvalue weighted by Gasteiger charge is 2.47. The lowest BCUT2D eigenvalue weighted by Crippen LogP contribution is -2.28. The highest BCUT2D eigenvalue weighted by Crippen LogP contribution is 2.44. The number of halogens is 14. The molecule has 0 aliphatic carbocycles. The molecule has 2 aromatic carbocycles. The molecule has 10 nitrogen and oxygen atoms in total. The van der Waals surface area contributed by atoms with Gasteiger partial charge in [-0.2, -0.15) is 49.2 Å². The molecule has 0 aliphatic rings. The van der Waals surface area contributed by atoms with E-state index < -0.39 is 102 Å². The van der Waals surface area contributed by atoms with Gasteiger partial charge < -0.3 is 20.6 Å². The number of thiocarbonyl (C=S) groups is 2. The van der Waals surface area contributed by atoms with Crippen LogP contribution >= 0.6 is 81.7 Å². The molecule has 0 bridgehead atoms. The van der Waals surface area contributed by atoms with E-state index in [-0.39, 0.29) is 34.0 Å². The molecule has 0 radical (unpaired) electrons. The van der Waals surface area contributed by atoms with Gasteiger partial charge in [0.25, 0.3) is 0 Å². The van der Waals surface area contributed by atoms with E-state index in [1.54, 1.807) is 12.1 Å². The first-order valence-corrected chi connectivity index (χ1v) is 21.2. The van der Waals surface area contributed by atoms with Gasteiger partial charge in [-0.1, -0.05) is 70.8 Å². The Morgan fingerprint density at radius 1 is 0.677 bits per heavy atom. The number of benzene rings is 2. The Hall–Kier alpha value is -4.17. The van der Waals surface area contributed by atoms with Gasteiger partial charge in [0, 0.05) is 31.7 Å². The molecule has 0 fully saturated rings. The highest BCUT2D eigenvalue weighted by molar-refractivity contribution is 8.11. The Morgan fingerprint density at radius 3 is 1.34 bits per heavy atom. The van der Waals surface area contributed by atoms with Crippen molar-refractivity contribution in [3.8, 4) is 23.0 Å². The summed E-state index contributed by atoms with van der Waals surface area (Å²) in [7, 11) is -8.01. The predicted molar refractivity (Wildman–Crippen MR) is 224 cm³/mol. The molecule has 4 N–H and O–H groups in total. The third-order valence-corrected chi connectivity index (χ3v) is 12.7. The average Bonchev–Trinajstić information content (AvgIpc) is 3.96. The summed E-state index contributed by atoms with van der Waals surface area (Å²) < 4.78 is 165. The third kappa shape index (κ3) is 9.51. The van der Waals surface area contributed by atoms with Gasteiger partial charge in [0.15, 0.2) is 16.8 Å². The van der Waals surface area contributed by atoms with Crippen LogP contribution in [0.25, 0.3) is 23.0 Å². The van der Waals surface area contributed by atoms with Crippen LogP contribution in [0.1, 0.15) is 36.4 Å².